The standard InChI is InChI=1S/C13H22N2O2S/c1-4-6-11-15(3)18(16,17)13-9-7-12(8-10-13)14-5-2/h7-10,14H,4-6,11H2,1-3H3. The van der Waals surface area contributed by atoms with E-state index in [1.807, 2.05) is 13.8 Å². The third kappa shape index (κ3) is 3.71. The summed E-state index contributed by atoms with van der Waals surface area (Å²) in [5.41, 5.74) is 0.938. The summed E-state index contributed by atoms with van der Waals surface area (Å²) in [5.74, 6) is 0. The summed E-state index contributed by atoms with van der Waals surface area (Å²) in [7, 11) is -1.71. The molecule has 1 aromatic carbocycles. The van der Waals surface area contributed by atoms with Crippen molar-refractivity contribution in [2.24, 2.45) is 0 Å². The normalized spacial score (nSPS) is 11.8. The highest BCUT2D eigenvalue weighted by atomic mass is 32.2. The first kappa shape index (κ1) is 15.0. The second-order valence-electron chi connectivity index (χ2n) is 4.23. The maximum atomic E-state index is 12.2. The molecule has 102 valence electrons. The largest absolute Gasteiger partial charge is 0.385 e. The third-order valence-corrected chi connectivity index (χ3v) is 4.64. The van der Waals surface area contributed by atoms with E-state index in [4.69, 9.17) is 0 Å². The van der Waals surface area contributed by atoms with Crippen molar-refractivity contribution in [3.63, 3.8) is 0 Å². The lowest BCUT2D eigenvalue weighted by Gasteiger charge is -2.17. The molecule has 1 N–H and O–H groups in total. The van der Waals surface area contributed by atoms with Crippen LogP contribution in [0, 0.1) is 0 Å². The summed E-state index contributed by atoms with van der Waals surface area (Å²) in [4.78, 5) is 0.350. The highest BCUT2D eigenvalue weighted by Gasteiger charge is 2.19. The highest BCUT2D eigenvalue weighted by molar-refractivity contribution is 7.89. The smallest absolute Gasteiger partial charge is 0.242 e. The zero-order valence-electron chi connectivity index (χ0n) is 11.3. The summed E-state index contributed by atoms with van der Waals surface area (Å²) < 4.78 is 25.8. The molecule has 1 rings (SSSR count). The van der Waals surface area contributed by atoms with Gasteiger partial charge in [0.2, 0.25) is 10.0 Å². The van der Waals surface area contributed by atoms with E-state index in [0.29, 0.717) is 11.4 Å². The average Bonchev–Trinajstić information content (AvgIpc) is 2.37. The summed E-state index contributed by atoms with van der Waals surface area (Å²) in [6.45, 7) is 5.44. The van der Waals surface area contributed by atoms with Gasteiger partial charge in [0.25, 0.3) is 0 Å². The molecule has 0 saturated carbocycles. The molecule has 1 aromatic rings. The molecule has 0 atom stereocenters. The minimum atomic E-state index is -3.34. The van der Waals surface area contributed by atoms with E-state index < -0.39 is 10.0 Å². The Morgan fingerprint density at radius 2 is 1.78 bits per heavy atom. The van der Waals surface area contributed by atoms with Crippen LogP contribution in [-0.2, 0) is 10.0 Å². The van der Waals surface area contributed by atoms with Gasteiger partial charge in [-0.1, -0.05) is 13.3 Å². The molecule has 0 aromatic heterocycles. The van der Waals surface area contributed by atoms with E-state index in [-0.39, 0.29) is 0 Å². The Kier molecular flexibility index (Phi) is 5.62. The van der Waals surface area contributed by atoms with Gasteiger partial charge in [0.05, 0.1) is 4.90 Å². The lowest BCUT2D eigenvalue weighted by Crippen LogP contribution is -2.27. The van der Waals surface area contributed by atoms with Crippen LogP contribution in [0.1, 0.15) is 26.7 Å². The Labute approximate surface area is 110 Å². The fourth-order valence-electron chi connectivity index (χ4n) is 1.63. The number of unbranched alkanes of at least 4 members (excludes halogenated alkanes) is 1. The molecule has 4 nitrogen and oxygen atoms in total. The predicted molar refractivity (Wildman–Crippen MR) is 75.3 cm³/mol. The maximum Gasteiger partial charge on any atom is 0.242 e. The third-order valence-electron chi connectivity index (χ3n) is 2.77. The Hall–Kier alpha value is -1.07. The Morgan fingerprint density at radius 1 is 1.17 bits per heavy atom. The molecule has 5 heteroatoms. The van der Waals surface area contributed by atoms with Gasteiger partial charge < -0.3 is 5.32 Å². The number of anilines is 1. The van der Waals surface area contributed by atoms with Gasteiger partial charge >= 0.3 is 0 Å². The summed E-state index contributed by atoms with van der Waals surface area (Å²) in [6, 6.07) is 6.89. The second-order valence-corrected chi connectivity index (χ2v) is 6.28. The number of sulfonamides is 1. The van der Waals surface area contributed by atoms with Crippen LogP contribution in [0.2, 0.25) is 0 Å². The lowest BCUT2D eigenvalue weighted by atomic mass is 10.3. The monoisotopic (exact) mass is 270 g/mol. The quantitative estimate of drug-likeness (QED) is 0.828. The van der Waals surface area contributed by atoms with Crippen LogP contribution < -0.4 is 5.32 Å². The lowest BCUT2D eigenvalue weighted by molar-refractivity contribution is 0.459. The van der Waals surface area contributed by atoms with Crippen LogP contribution in [-0.4, -0.2) is 32.9 Å². The topological polar surface area (TPSA) is 49.4 Å². The first-order valence-corrected chi connectivity index (χ1v) is 7.76. The highest BCUT2D eigenvalue weighted by Crippen LogP contribution is 2.17. The SMILES string of the molecule is CCCCN(C)S(=O)(=O)c1ccc(NCC)cc1. The van der Waals surface area contributed by atoms with Gasteiger partial charge in [0, 0.05) is 25.8 Å². The van der Waals surface area contributed by atoms with Gasteiger partial charge in [-0.2, -0.15) is 0 Å². The summed E-state index contributed by atoms with van der Waals surface area (Å²) in [6.07, 6.45) is 1.87. The maximum absolute atomic E-state index is 12.2. The van der Waals surface area contributed by atoms with E-state index in [2.05, 4.69) is 5.32 Å². The van der Waals surface area contributed by atoms with Crippen LogP contribution in [0.3, 0.4) is 0 Å². The molecule has 0 saturated heterocycles. The van der Waals surface area contributed by atoms with Crippen molar-refractivity contribution in [1.29, 1.82) is 0 Å². The Bertz CT molecular complexity index is 454. The number of rotatable bonds is 7. The molecular formula is C13H22N2O2S. The van der Waals surface area contributed by atoms with E-state index in [1.165, 1.54) is 4.31 Å². The fraction of sp³-hybridized carbons (Fsp3) is 0.538. The van der Waals surface area contributed by atoms with Crippen molar-refractivity contribution in [1.82, 2.24) is 4.31 Å². The van der Waals surface area contributed by atoms with E-state index in [9.17, 15) is 8.42 Å². The van der Waals surface area contributed by atoms with Crippen molar-refractivity contribution in [2.45, 2.75) is 31.6 Å². The summed E-state index contributed by atoms with van der Waals surface area (Å²) >= 11 is 0. The van der Waals surface area contributed by atoms with Crippen LogP contribution in [0.4, 0.5) is 5.69 Å². The minimum Gasteiger partial charge on any atom is -0.385 e. The average molecular weight is 270 g/mol. The molecule has 0 bridgehead atoms. The zero-order chi connectivity index (χ0) is 13.6. The van der Waals surface area contributed by atoms with Gasteiger partial charge in [-0.25, -0.2) is 12.7 Å². The minimum absolute atomic E-state index is 0.350. The number of benzene rings is 1. The molecule has 0 unspecified atom stereocenters. The molecule has 0 aliphatic heterocycles. The van der Waals surface area contributed by atoms with E-state index >= 15 is 0 Å². The first-order valence-electron chi connectivity index (χ1n) is 6.32. The first-order chi connectivity index (χ1) is 8.52. The molecule has 0 aliphatic rings. The molecule has 0 fully saturated rings. The molecule has 0 spiro atoms. The zero-order valence-corrected chi connectivity index (χ0v) is 12.1. The van der Waals surface area contributed by atoms with Gasteiger partial charge in [0.15, 0.2) is 0 Å². The van der Waals surface area contributed by atoms with E-state index in [1.54, 1.807) is 31.3 Å². The second kappa shape index (κ2) is 6.75. The molecular weight excluding hydrogens is 248 g/mol. The van der Waals surface area contributed by atoms with Crippen LogP contribution >= 0.6 is 0 Å². The fourth-order valence-corrected chi connectivity index (χ4v) is 2.84. The number of hydrogen-bond donors (Lipinski definition) is 1. The summed E-state index contributed by atoms with van der Waals surface area (Å²) in [5, 5.41) is 3.14. The van der Waals surface area contributed by atoms with Crippen molar-refractivity contribution in [2.75, 3.05) is 25.5 Å². The van der Waals surface area contributed by atoms with Crippen LogP contribution in [0.5, 0.6) is 0 Å². The Balaban J connectivity index is 2.84. The Morgan fingerprint density at radius 3 is 2.28 bits per heavy atom. The van der Waals surface area contributed by atoms with Gasteiger partial charge in [-0.15, -0.1) is 0 Å². The van der Waals surface area contributed by atoms with Crippen molar-refractivity contribution in [3.8, 4) is 0 Å². The van der Waals surface area contributed by atoms with Gasteiger partial charge in [0.1, 0.15) is 0 Å². The molecule has 0 heterocycles. The number of nitrogens with zero attached hydrogens (tertiary/aromatic N) is 1. The van der Waals surface area contributed by atoms with Gasteiger partial charge in [-0.05, 0) is 37.6 Å². The van der Waals surface area contributed by atoms with Crippen molar-refractivity contribution in [3.05, 3.63) is 24.3 Å². The van der Waals surface area contributed by atoms with Crippen molar-refractivity contribution >= 4 is 15.7 Å². The molecule has 0 aliphatic carbocycles. The number of hydrogen-bond acceptors (Lipinski definition) is 3. The predicted octanol–water partition coefficient (Wildman–Crippen LogP) is 2.54. The molecule has 0 radical (unpaired) electrons. The molecule has 18 heavy (non-hydrogen) atoms. The van der Waals surface area contributed by atoms with E-state index in [0.717, 1.165) is 25.1 Å². The van der Waals surface area contributed by atoms with Gasteiger partial charge in [-0.3, -0.25) is 0 Å². The molecule has 0 amide bonds. The number of nitrogens with one attached hydrogen (secondary N) is 1. The van der Waals surface area contributed by atoms with Crippen molar-refractivity contribution < 1.29 is 8.42 Å². The van der Waals surface area contributed by atoms with Crippen LogP contribution in [0.15, 0.2) is 29.2 Å². The van der Waals surface area contributed by atoms with Crippen LogP contribution in [0.25, 0.3) is 0 Å².